The largest absolute Gasteiger partial charge is 0.378 e. The van der Waals surface area contributed by atoms with E-state index in [0.29, 0.717) is 6.61 Å². The van der Waals surface area contributed by atoms with Crippen LogP contribution in [0.1, 0.15) is 30.1 Å². The van der Waals surface area contributed by atoms with Crippen LogP contribution in [-0.2, 0) is 11.3 Å². The van der Waals surface area contributed by atoms with Gasteiger partial charge in [0.2, 0.25) is 0 Å². The van der Waals surface area contributed by atoms with E-state index in [-0.39, 0.29) is 6.04 Å². The molecule has 1 unspecified atom stereocenters. The van der Waals surface area contributed by atoms with Gasteiger partial charge in [0.05, 0.1) is 12.3 Å². The van der Waals surface area contributed by atoms with Gasteiger partial charge in [-0.15, -0.1) is 11.3 Å². The second-order valence-corrected chi connectivity index (χ2v) is 3.56. The molecule has 0 radical (unpaired) electrons. The highest BCUT2D eigenvalue weighted by molar-refractivity contribution is 7.09. The van der Waals surface area contributed by atoms with E-state index in [1.807, 2.05) is 5.38 Å². The van der Waals surface area contributed by atoms with Gasteiger partial charge in [-0.05, 0) is 6.42 Å². The van der Waals surface area contributed by atoms with Gasteiger partial charge in [-0.25, -0.2) is 4.98 Å². The molecule has 0 aliphatic heterocycles. The Balaban J connectivity index is 2.63. The zero-order valence-electron chi connectivity index (χ0n) is 7.41. The van der Waals surface area contributed by atoms with Gasteiger partial charge < -0.3 is 10.5 Å². The molecule has 1 heterocycles. The SMILES string of the molecule is CCC(N)c1csc(COC)n1. The van der Waals surface area contributed by atoms with Crippen LogP contribution in [0.3, 0.4) is 0 Å². The molecule has 0 saturated carbocycles. The molecule has 2 N–H and O–H groups in total. The first-order valence-electron chi connectivity index (χ1n) is 3.96. The van der Waals surface area contributed by atoms with Gasteiger partial charge in [-0.3, -0.25) is 0 Å². The standard InChI is InChI=1S/C8H14N2OS/c1-3-6(9)7-5-12-8(10-7)4-11-2/h5-6H,3-4,9H2,1-2H3. The van der Waals surface area contributed by atoms with Crippen LogP contribution in [-0.4, -0.2) is 12.1 Å². The second-order valence-electron chi connectivity index (χ2n) is 2.61. The molecule has 0 aliphatic carbocycles. The van der Waals surface area contributed by atoms with Crippen molar-refractivity contribution in [3.05, 3.63) is 16.1 Å². The number of nitrogens with zero attached hydrogens (tertiary/aromatic N) is 1. The summed E-state index contributed by atoms with van der Waals surface area (Å²) in [6.45, 7) is 2.64. The molecule has 0 fully saturated rings. The summed E-state index contributed by atoms with van der Waals surface area (Å²) in [6, 6.07) is 0.0758. The number of aromatic nitrogens is 1. The number of hydrogen-bond donors (Lipinski definition) is 1. The van der Waals surface area contributed by atoms with Gasteiger partial charge >= 0.3 is 0 Å². The van der Waals surface area contributed by atoms with Crippen molar-refractivity contribution < 1.29 is 4.74 Å². The van der Waals surface area contributed by atoms with E-state index in [9.17, 15) is 0 Å². The Morgan fingerprint density at radius 3 is 3.08 bits per heavy atom. The Morgan fingerprint density at radius 2 is 2.50 bits per heavy atom. The molecule has 0 aromatic carbocycles. The Bertz CT molecular complexity index is 237. The zero-order valence-corrected chi connectivity index (χ0v) is 8.23. The molecule has 4 heteroatoms. The van der Waals surface area contributed by atoms with Crippen LogP contribution in [0.15, 0.2) is 5.38 Å². The van der Waals surface area contributed by atoms with Gasteiger partial charge in [-0.2, -0.15) is 0 Å². The number of rotatable bonds is 4. The third-order valence-electron chi connectivity index (χ3n) is 1.66. The minimum atomic E-state index is 0.0758. The molecular formula is C8H14N2OS. The summed E-state index contributed by atoms with van der Waals surface area (Å²) in [5.74, 6) is 0. The lowest BCUT2D eigenvalue weighted by Gasteiger charge is -2.02. The highest BCUT2D eigenvalue weighted by Crippen LogP contribution is 2.17. The van der Waals surface area contributed by atoms with Crippen LogP contribution in [0.2, 0.25) is 0 Å². The maximum Gasteiger partial charge on any atom is 0.119 e. The minimum absolute atomic E-state index is 0.0758. The van der Waals surface area contributed by atoms with Crippen molar-refractivity contribution in [2.75, 3.05) is 7.11 Å². The van der Waals surface area contributed by atoms with E-state index in [4.69, 9.17) is 10.5 Å². The summed E-state index contributed by atoms with van der Waals surface area (Å²) in [7, 11) is 1.67. The molecule has 0 aliphatic rings. The van der Waals surface area contributed by atoms with Gasteiger partial charge in [-0.1, -0.05) is 6.92 Å². The average Bonchev–Trinajstić information content (AvgIpc) is 2.52. The number of thiazole rings is 1. The van der Waals surface area contributed by atoms with Crippen LogP contribution in [0.4, 0.5) is 0 Å². The van der Waals surface area contributed by atoms with Crippen LogP contribution < -0.4 is 5.73 Å². The van der Waals surface area contributed by atoms with Gasteiger partial charge in [0.25, 0.3) is 0 Å². The summed E-state index contributed by atoms with van der Waals surface area (Å²) >= 11 is 1.60. The monoisotopic (exact) mass is 186 g/mol. The lowest BCUT2D eigenvalue weighted by atomic mass is 10.2. The van der Waals surface area contributed by atoms with Crippen molar-refractivity contribution in [1.29, 1.82) is 0 Å². The smallest absolute Gasteiger partial charge is 0.119 e. The highest BCUT2D eigenvalue weighted by atomic mass is 32.1. The summed E-state index contributed by atoms with van der Waals surface area (Å²) in [5.41, 5.74) is 6.79. The summed E-state index contributed by atoms with van der Waals surface area (Å²) < 4.78 is 4.96. The fourth-order valence-electron chi connectivity index (χ4n) is 0.894. The highest BCUT2D eigenvalue weighted by Gasteiger charge is 2.07. The van der Waals surface area contributed by atoms with Gasteiger partial charge in [0.1, 0.15) is 5.01 Å². The lowest BCUT2D eigenvalue weighted by Crippen LogP contribution is -2.08. The predicted octanol–water partition coefficient (Wildman–Crippen LogP) is 1.70. The number of methoxy groups -OCH3 is 1. The normalized spacial score (nSPS) is 13.2. The van der Waals surface area contributed by atoms with Crippen molar-refractivity contribution in [2.45, 2.75) is 26.0 Å². The first kappa shape index (κ1) is 9.64. The first-order valence-corrected chi connectivity index (χ1v) is 4.84. The van der Waals surface area contributed by atoms with Gasteiger partial charge in [0, 0.05) is 18.5 Å². The quantitative estimate of drug-likeness (QED) is 0.778. The fraction of sp³-hybridized carbons (Fsp3) is 0.625. The molecule has 1 rings (SSSR count). The maximum absolute atomic E-state index is 5.81. The van der Waals surface area contributed by atoms with Crippen LogP contribution in [0.25, 0.3) is 0 Å². The number of ether oxygens (including phenoxy) is 1. The van der Waals surface area contributed by atoms with Crippen molar-refractivity contribution in [3.8, 4) is 0 Å². The van der Waals surface area contributed by atoms with E-state index in [0.717, 1.165) is 17.1 Å². The van der Waals surface area contributed by atoms with Crippen molar-refractivity contribution in [3.63, 3.8) is 0 Å². The van der Waals surface area contributed by atoms with Crippen molar-refractivity contribution in [1.82, 2.24) is 4.98 Å². The summed E-state index contributed by atoms with van der Waals surface area (Å²) in [5, 5.41) is 3.00. The van der Waals surface area contributed by atoms with Crippen LogP contribution in [0, 0.1) is 0 Å². The van der Waals surface area contributed by atoms with Crippen molar-refractivity contribution >= 4 is 11.3 Å². The molecule has 1 aromatic rings. The predicted molar refractivity (Wildman–Crippen MR) is 50.0 cm³/mol. The van der Waals surface area contributed by atoms with E-state index in [1.165, 1.54) is 0 Å². The van der Waals surface area contributed by atoms with E-state index in [1.54, 1.807) is 18.4 Å². The third-order valence-corrected chi connectivity index (χ3v) is 2.50. The van der Waals surface area contributed by atoms with E-state index < -0.39 is 0 Å². The number of hydrogen-bond acceptors (Lipinski definition) is 4. The molecule has 1 aromatic heterocycles. The number of nitrogens with two attached hydrogens (primary N) is 1. The van der Waals surface area contributed by atoms with Crippen LogP contribution >= 0.6 is 11.3 Å². The fourth-order valence-corrected chi connectivity index (χ4v) is 1.72. The third kappa shape index (κ3) is 2.27. The Kier molecular flexibility index (Phi) is 3.65. The van der Waals surface area contributed by atoms with Crippen molar-refractivity contribution in [2.24, 2.45) is 5.73 Å². The van der Waals surface area contributed by atoms with Gasteiger partial charge in [0.15, 0.2) is 0 Å². The van der Waals surface area contributed by atoms with E-state index in [2.05, 4.69) is 11.9 Å². The summed E-state index contributed by atoms with van der Waals surface area (Å²) in [6.07, 6.45) is 0.927. The lowest BCUT2D eigenvalue weighted by molar-refractivity contribution is 0.184. The second kappa shape index (κ2) is 4.54. The zero-order chi connectivity index (χ0) is 8.97. The first-order chi connectivity index (χ1) is 5.77. The Hall–Kier alpha value is -0.450. The molecule has 0 amide bonds. The molecule has 1 atom stereocenters. The molecular weight excluding hydrogens is 172 g/mol. The van der Waals surface area contributed by atoms with E-state index >= 15 is 0 Å². The molecule has 0 saturated heterocycles. The molecule has 12 heavy (non-hydrogen) atoms. The average molecular weight is 186 g/mol. The Labute approximate surface area is 76.6 Å². The minimum Gasteiger partial charge on any atom is -0.378 e. The molecule has 3 nitrogen and oxygen atoms in total. The summed E-state index contributed by atoms with van der Waals surface area (Å²) in [4.78, 5) is 4.34. The topological polar surface area (TPSA) is 48.1 Å². The molecule has 0 bridgehead atoms. The maximum atomic E-state index is 5.81. The molecule has 68 valence electrons. The van der Waals surface area contributed by atoms with Crippen LogP contribution in [0.5, 0.6) is 0 Å². The Morgan fingerprint density at radius 1 is 1.75 bits per heavy atom. The molecule has 0 spiro atoms.